The van der Waals surface area contributed by atoms with Crippen molar-refractivity contribution in [2.24, 2.45) is 0 Å². The number of nitrogens with zero attached hydrogens (tertiary/aromatic N) is 3. The number of hydrogen-bond donors (Lipinski definition) is 1. The fraction of sp³-hybridized carbons (Fsp3) is 0.222. The molecule has 0 spiro atoms. The van der Waals surface area contributed by atoms with Gasteiger partial charge in [-0.3, -0.25) is 19.5 Å². The summed E-state index contributed by atoms with van der Waals surface area (Å²) in [6.45, 7) is 2.54. The van der Waals surface area contributed by atoms with Gasteiger partial charge in [-0.2, -0.15) is 0 Å². The molecule has 1 aromatic heterocycles. The molecule has 174 valence electrons. The van der Waals surface area contributed by atoms with Crippen LogP contribution in [0.2, 0.25) is 0 Å². The van der Waals surface area contributed by atoms with Gasteiger partial charge in [0.15, 0.2) is 0 Å². The number of carbonyl (C=O) groups excluding carboxylic acids is 2. The molecule has 2 heterocycles. The van der Waals surface area contributed by atoms with Gasteiger partial charge in [0.2, 0.25) is 0 Å². The molecule has 0 aliphatic carbocycles. The Bertz CT molecular complexity index is 1220. The Morgan fingerprint density at radius 1 is 1.06 bits per heavy atom. The number of aliphatic hydroxyl groups is 1. The topological polar surface area (TPSA) is 83.0 Å². The zero-order valence-electron chi connectivity index (χ0n) is 19.4. The van der Waals surface area contributed by atoms with Gasteiger partial charge < -0.3 is 14.7 Å². The summed E-state index contributed by atoms with van der Waals surface area (Å²) in [6.07, 6.45) is 4.05. The van der Waals surface area contributed by atoms with Crippen LogP contribution < -0.4 is 14.5 Å². The van der Waals surface area contributed by atoms with Crippen LogP contribution in [0.15, 0.2) is 78.6 Å². The largest absolute Gasteiger partial charge is 0.507 e. The minimum Gasteiger partial charge on any atom is -0.507 e. The summed E-state index contributed by atoms with van der Waals surface area (Å²) in [5, 5.41) is 11.3. The standard InChI is InChI=1S/C27H27N3O4/c1-4-16-34-22-7-5-6-19(17-22)25(31)23-24(18-12-14-28-15-13-18)30(27(33)26(23)32)21-10-8-20(9-11-21)29(2)3/h5-15,17,24,31H,4,16H2,1-3H3/b25-23+. The van der Waals surface area contributed by atoms with Crippen molar-refractivity contribution in [3.8, 4) is 5.75 Å². The van der Waals surface area contributed by atoms with E-state index < -0.39 is 17.7 Å². The number of rotatable bonds is 7. The zero-order chi connectivity index (χ0) is 24.2. The van der Waals surface area contributed by atoms with Crippen LogP contribution in [-0.2, 0) is 9.59 Å². The van der Waals surface area contributed by atoms with Gasteiger partial charge in [-0.15, -0.1) is 0 Å². The normalized spacial score (nSPS) is 17.1. The first-order valence-corrected chi connectivity index (χ1v) is 11.1. The van der Waals surface area contributed by atoms with E-state index >= 15 is 0 Å². The van der Waals surface area contributed by atoms with Gasteiger partial charge in [-0.1, -0.05) is 19.1 Å². The molecule has 7 heteroatoms. The molecular formula is C27H27N3O4. The molecule has 1 amide bonds. The highest BCUT2D eigenvalue weighted by atomic mass is 16.5. The Morgan fingerprint density at radius 2 is 1.76 bits per heavy atom. The predicted molar refractivity (Wildman–Crippen MR) is 132 cm³/mol. The molecule has 4 rings (SSSR count). The van der Waals surface area contributed by atoms with E-state index in [0.29, 0.717) is 29.2 Å². The van der Waals surface area contributed by atoms with Crippen LogP contribution in [0, 0.1) is 0 Å². The lowest BCUT2D eigenvalue weighted by molar-refractivity contribution is -0.132. The lowest BCUT2D eigenvalue weighted by Crippen LogP contribution is -2.29. The van der Waals surface area contributed by atoms with E-state index in [1.165, 1.54) is 4.90 Å². The number of anilines is 2. The van der Waals surface area contributed by atoms with Crippen LogP contribution in [0.3, 0.4) is 0 Å². The van der Waals surface area contributed by atoms with Crippen molar-refractivity contribution in [3.63, 3.8) is 0 Å². The SMILES string of the molecule is CCCOc1cccc(/C(O)=C2\C(=O)C(=O)N(c3ccc(N(C)C)cc3)C2c2ccncc2)c1. The van der Waals surface area contributed by atoms with Crippen molar-refractivity contribution in [1.29, 1.82) is 0 Å². The third kappa shape index (κ3) is 4.37. The molecule has 1 fully saturated rings. The van der Waals surface area contributed by atoms with Gasteiger partial charge in [0.25, 0.3) is 11.7 Å². The lowest BCUT2D eigenvalue weighted by Gasteiger charge is -2.26. The van der Waals surface area contributed by atoms with Gasteiger partial charge in [0, 0.05) is 43.4 Å². The molecule has 0 radical (unpaired) electrons. The average molecular weight is 458 g/mol. The van der Waals surface area contributed by atoms with Crippen molar-refractivity contribution in [1.82, 2.24) is 4.98 Å². The Hall–Kier alpha value is -4.13. The number of ether oxygens (including phenoxy) is 1. The van der Waals surface area contributed by atoms with E-state index in [2.05, 4.69) is 4.98 Å². The molecule has 1 unspecified atom stereocenters. The Balaban J connectivity index is 1.85. The summed E-state index contributed by atoms with van der Waals surface area (Å²) in [5.74, 6) is -1.09. The summed E-state index contributed by atoms with van der Waals surface area (Å²) in [7, 11) is 3.85. The molecule has 3 aromatic rings. The van der Waals surface area contributed by atoms with Crippen molar-refractivity contribution < 1.29 is 19.4 Å². The lowest BCUT2D eigenvalue weighted by atomic mass is 9.95. The summed E-state index contributed by atoms with van der Waals surface area (Å²) in [5.41, 5.74) is 2.64. The summed E-state index contributed by atoms with van der Waals surface area (Å²) in [6, 6.07) is 17.0. The molecule has 1 saturated heterocycles. The van der Waals surface area contributed by atoms with E-state index in [1.807, 2.05) is 38.1 Å². The summed E-state index contributed by atoms with van der Waals surface area (Å²) in [4.78, 5) is 33.9. The molecule has 1 N–H and O–H groups in total. The van der Waals surface area contributed by atoms with E-state index in [0.717, 1.165) is 12.1 Å². The second kappa shape index (κ2) is 9.79. The van der Waals surface area contributed by atoms with Gasteiger partial charge >= 0.3 is 0 Å². The molecule has 1 atom stereocenters. The number of pyridine rings is 1. The van der Waals surface area contributed by atoms with Crippen molar-refractivity contribution >= 4 is 28.8 Å². The first kappa shape index (κ1) is 23.0. The Labute approximate surface area is 198 Å². The second-order valence-electron chi connectivity index (χ2n) is 8.24. The van der Waals surface area contributed by atoms with Crippen LogP contribution in [0.5, 0.6) is 5.75 Å². The maximum atomic E-state index is 13.3. The zero-order valence-corrected chi connectivity index (χ0v) is 19.4. The molecule has 34 heavy (non-hydrogen) atoms. The van der Waals surface area contributed by atoms with Gasteiger partial charge in [-0.05, 0) is 60.5 Å². The molecule has 1 aliphatic heterocycles. The predicted octanol–water partition coefficient (Wildman–Crippen LogP) is 4.56. The smallest absolute Gasteiger partial charge is 0.300 e. The van der Waals surface area contributed by atoms with E-state index in [-0.39, 0.29) is 11.3 Å². The molecule has 1 aliphatic rings. The number of aliphatic hydroxyl groups excluding tert-OH is 1. The van der Waals surface area contributed by atoms with Crippen LogP contribution >= 0.6 is 0 Å². The van der Waals surface area contributed by atoms with E-state index in [1.54, 1.807) is 60.9 Å². The van der Waals surface area contributed by atoms with Gasteiger partial charge in [0.05, 0.1) is 18.2 Å². The first-order chi connectivity index (χ1) is 16.4. The minimum absolute atomic E-state index is 0.0283. The number of carbonyl (C=O) groups is 2. The van der Waals surface area contributed by atoms with E-state index in [4.69, 9.17) is 4.74 Å². The highest BCUT2D eigenvalue weighted by molar-refractivity contribution is 6.51. The van der Waals surface area contributed by atoms with E-state index in [9.17, 15) is 14.7 Å². The molecule has 7 nitrogen and oxygen atoms in total. The van der Waals surface area contributed by atoms with Crippen LogP contribution in [0.4, 0.5) is 11.4 Å². The minimum atomic E-state index is -0.798. The number of benzene rings is 2. The Kier molecular flexibility index (Phi) is 6.63. The average Bonchev–Trinajstić information content (AvgIpc) is 3.13. The number of aromatic nitrogens is 1. The fourth-order valence-corrected chi connectivity index (χ4v) is 3.98. The maximum Gasteiger partial charge on any atom is 0.300 e. The molecular weight excluding hydrogens is 430 g/mol. The highest BCUT2D eigenvalue weighted by Crippen LogP contribution is 2.42. The van der Waals surface area contributed by atoms with Crippen molar-refractivity contribution in [2.45, 2.75) is 19.4 Å². The first-order valence-electron chi connectivity index (χ1n) is 11.1. The summed E-state index contributed by atoms with van der Waals surface area (Å²) >= 11 is 0. The van der Waals surface area contributed by atoms with Crippen molar-refractivity contribution in [3.05, 3.63) is 89.8 Å². The van der Waals surface area contributed by atoms with Gasteiger partial charge in [-0.25, -0.2) is 0 Å². The second-order valence-corrected chi connectivity index (χ2v) is 8.24. The molecule has 0 bridgehead atoms. The van der Waals surface area contributed by atoms with Crippen LogP contribution in [-0.4, -0.2) is 42.5 Å². The Morgan fingerprint density at radius 3 is 2.41 bits per heavy atom. The van der Waals surface area contributed by atoms with Crippen LogP contribution in [0.25, 0.3) is 5.76 Å². The third-order valence-corrected chi connectivity index (χ3v) is 5.69. The fourth-order valence-electron chi connectivity index (χ4n) is 3.98. The number of ketones is 1. The molecule has 0 saturated carbocycles. The maximum absolute atomic E-state index is 13.3. The molecule has 2 aromatic carbocycles. The highest BCUT2D eigenvalue weighted by Gasteiger charge is 2.47. The third-order valence-electron chi connectivity index (χ3n) is 5.69. The van der Waals surface area contributed by atoms with Crippen molar-refractivity contribution in [2.75, 3.05) is 30.5 Å². The number of hydrogen-bond acceptors (Lipinski definition) is 6. The number of Topliss-reactive ketones (excluding diaryl/α,β-unsaturated/α-hetero) is 1. The quantitative estimate of drug-likeness (QED) is 0.318. The van der Waals surface area contributed by atoms with Crippen LogP contribution in [0.1, 0.15) is 30.5 Å². The number of amides is 1. The summed E-state index contributed by atoms with van der Waals surface area (Å²) < 4.78 is 5.68. The monoisotopic (exact) mass is 457 g/mol. The van der Waals surface area contributed by atoms with Gasteiger partial charge in [0.1, 0.15) is 11.5 Å².